The Kier molecular flexibility index (Phi) is 13.4. The molecule has 0 fully saturated rings. The number of hydrogen-bond donors (Lipinski definition) is 1. The Morgan fingerprint density at radius 3 is 1.92 bits per heavy atom. The van der Waals surface area contributed by atoms with Gasteiger partial charge in [0, 0.05) is 6.42 Å². The van der Waals surface area contributed by atoms with Crippen molar-refractivity contribution in [3.8, 4) is 11.5 Å². The topological polar surface area (TPSA) is 150 Å². The zero-order valence-corrected chi connectivity index (χ0v) is 22.6. The molecule has 2 atom stereocenters. The van der Waals surface area contributed by atoms with Crippen LogP contribution >= 0.6 is 0 Å². The van der Waals surface area contributed by atoms with E-state index in [0.717, 1.165) is 0 Å². The van der Waals surface area contributed by atoms with Gasteiger partial charge in [-0.2, -0.15) is 0 Å². The van der Waals surface area contributed by atoms with E-state index in [1.807, 2.05) is 13.8 Å². The highest BCUT2D eigenvalue weighted by Crippen LogP contribution is 2.30. The summed E-state index contributed by atoms with van der Waals surface area (Å²) in [5.74, 6) is -0.886. The Hall–Kier alpha value is -3.34. The van der Waals surface area contributed by atoms with E-state index in [9.17, 15) is 19.2 Å². The molecular weight excluding hydrogens is 486 g/mol. The van der Waals surface area contributed by atoms with Gasteiger partial charge in [-0.1, -0.05) is 19.9 Å². The predicted octanol–water partition coefficient (Wildman–Crippen LogP) is 4.32. The van der Waals surface area contributed by atoms with Crippen LogP contribution in [0.15, 0.2) is 18.2 Å². The average Bonchev–Trinajstić information content (AvgIpc) is 2.76. The van der Waals surface area contributed by atoms with Gasteiger partial charge in [0.1, 0.15) is 18.8 Å². The van der Waals surface area contributed by atoms with E-state index in [4.69, 9.17) is 34.2 Å². The lowest BCUT2D eigenvalue weighted by Crippen LogP contribution is -2.36. The van der Waals surface area contributed by atoms with Crippen LogP contribution in [-0.4, -0.2) is 55.2 Å². The number of ether oxygens (including phenoxy) is 6. The van der Waals surface area contributed by atoms with Crippen molar-refractivity contribution in [3.63, 3.8) is 0 Å². The van der Waals surface area contributed by atoms with Crippen LogP contribution in [0.1, 0.15) is 66.9 Å². The van der Waals surface area contributed by atoms with E-state index in [2.05, 4.69) is 0 Å². The number of hydrogen-bond acceptors (Lipinski definition) is 11. The largest absolute Gasteiger partial charge is 0.514 e. The van der Waals surface area contributed by atoms with Crippen molar-refractivity contribution >= 4 is 24.2 Å². The molecule has 0 heterocycles. The van der Waals surface area contributed by atoms with Crippen LogP contribution in [0, 0.1) is 5.92 Å². The monoisotopic (exact) mass is 525 g/mol. The van der Waals surface area contributed by atoms with Crippen molar-refractivity contribution < 1.29 is 47.6 Å². The van der Waals surface area contributed by atoms with Crippen LogP contribution in [0.25, 0.3) is 0 Å². The molecular formula is C26H39NO10. The first kappa shape index (κ1) is 31.7. The van der Waals surface area contributed by atoms with Gasteiger partial charge in [-0.05, 0) is 71.1 Å². The van der Waals surface area contributed by atoms with E-state index in [1.54, 1.807) is 40.7 Å². The van der Waals surface area contributed by atoms with E-state index in [-0.39, 0.29) is 30.5 Å². The van der Waals surface area contributed by atoms with Gasteiger partial charge in [0.2, 0.25) is 0 Å². The standard InChI is InChI=1S/C26H39NO10/c1-15(2)8-11-23(28)35-18(7)14-32-24(29)20(27)12-19-9-10-21(36-25(30)33-16(3)4)22(13-19)37-26(31)34-17(5)6/h9-10,13,15-18,20H,8,11-12,14,27H2,1-7H3/t18-,20-/m0/s1. The van der Waals surface area contributed by atoms with Gasteiger partial charge in [-0.25, -0.2) is 9.59 Å². The Morgan fingerprint density at radius 2 is 1.38 bits per heavy atom. The van der Waals surface area contributed by atoms with Gasteiger partial charge in [-0.3, -0.25) is 9.59 Å². The lowest BCUT2D eigenvalue weighted by atomic mass is 10.1. The molecule has 0 aromatic heterocycles. The third-order valence-electron chi connectivity index (χ3n) is 4.54. The van der Waals surface area contributed by atoms with Gasteiger partial charge in [0.15, 0.2) is 11.5 Å². The maximum atomic E-state index is 12.4. The van der Waals surface area contributed by atoms with Crippen LogP contribution in [0.3, 0.4) is 0 Å². The van der Waals surface area contributed by atoms with E-state index in [1.165, 1.54) is 12.1 Å². The fourth-order valence-electron chi connectivity index (χ4n) is 2.82. The fourth-order valence-corrected chi connectivity index (χ4v) is 2.82. The van der Waals surface area contributed by atoms with E-state index >= 15 is 0 Å². The summed E-state index contributed by atoms with van der Waals surface area (Å²) in [7, 11) is 0. The lowest BCUT2D eigenvalue weighted by molar-refractivity contribution is -0.158. The Bertz CT molecular complexity index is 913. The second-order valence-electron chi connectivity index (χ2n) is 9.49. The third-order valence-corrected chi connectivity index (χ3v) is 4.54. The summed E-state index contributed by atoms with van der Waals surface area (Å²) < 4.78 is 30.7. The molecule has 0 unspecified atom stereocenters. The Balaban J connectivity index is 2.80. The minimum atomic E-state index is -1.06. The minimum absolute atomic E-state index is 0.0215. The first-order valence-corrected chi connectivity index (χ1v) is 12.3. The zero-order chi connectivity index (χ0) is 28.1. The summed E-state index contributed by atoms with van der Waals surface area (Å²) >= 11 is 0. The summed E-state index contributed by atoms with van der Waals surface area (Å²) in [6.45, 7) is 12.1. The molecule has 0 amide bonds. The number of nitrogens with two attached hydrogens (primary N) is 1. The number of esters is 2. The van der Waals surface area contributed by atoms with Crippen LogP contribution in [0.4, 0.5) is 9.59 Å². The average molecular weight is 526 g/mol. The minimum Gasteiger partial charge on any atom is -0.461 e. The molecule has 0 radical (unpaired) electrons. The Morgan fingerprint density at radius 1 is 0.811 bits per heavy atom. The SMILES string of the molecule is CC(C)CCC(=O)O[C@@H](C)COC(=O)[C@@H](N)Cc1ccc(OC(=O)OC(C)C)c(OC(=O)OC(C)C)c1. The summed E-state index contributed by atoms with van der Waals surface area (Å²) in [6.07, 6.45) is -2.44. The van der Waals surface area contributed by atoms with Crippen LogP contribution in [-0.2, 0) is 35.0 Å². The smallest absolute Gasteiger partial charge is 0.461 e. The normalized spacial score (nSPS) is 12.6. The summed E-state index contributed by atoms with van der Waals surface area (Å²) in [5.41, 5.74) is 6.48. The molecule has 2 N–H and O–H groups in total. The first-order valence-electron chi connectivity index (χ1n) is 12.3. The molecule has 0 spiro atoms. The van der Waals surface area contributed by atoms with Crippen molar-refractivity contribution in [2.45, 2.75) is 92.1 Å². The van der Waals surface area contributed by atoms with Crippen molar-refractivity contribution in [3.05, 3.63) is 23.8 Å². The molecule has 0 aliphatic carbocycles. The molecule has 0 bridgehead atoms. The van der Waals surface area contributed by atoms with Gasteiger partial charge in [-0.15, -0.1) is 0 Å². The number of benzene rings is 1. The number of carbonyl (C=O) groups excluding carboxylic acids is 4. The molecule has 1 rings (SSSR count). The predicted molar refractivity (Wildman–Crippen MR) is 133 cm³/mol. The molecule has 0 aliphatic heterocycles. The van der Waals surface area contributed by atoms with Crippen molar-refractivity contribution in [2.75, 3.05) is 6.61 Å². The fraction of sp³-hybridized carbons (Fsp3) is 0.615. The van der Waals surface area contributed by atoms with E-state index < -0.39 is 42.6 Å². The molecule has 0 aliphatic rings. The highest BCUT2D eigenvalue weighted by molar-refractivity contribution is 5.76. The first-order chi connectivity index (χ1) is 17.3. The van der Waals surface area contributed by atoms with Crippen molar-refractivity contribution in [1.82, 2.24) is 0 Å². The van der Waals surface area contributed by atoms with Crippen molar-refractivity contribution in [1.29, 1.82) is 0 Å². The summed E-state index contributed by atoms with van der Waals surface area (Å²) in [4.78, 5) is 48.1. The lowest BCUT2D eigenvalue weighted by Gasteiger charge is -2.17. The van der Waals surface area contributed by atoms with Gasteiger partial charge >= 0.3 is 24.2 Å². The molecule has 11 nitrogen and oxygen atoms in total. The van der Waals surface area contributed by atoms with Crippen LogP contribution in [0.5, 0.6) is 11.5 Å². The van der Waals surface area contributed by atoms with Gasteiger partial charge in [0.05, 0.1) is 12.2 Å². The van der Waals surface area contributed by atoms with Gasteiger partial charge < -0.3 is 34.2 Å². The number of carbonyl (C=O) groups is 4. The van der Waals surface area contributed by atoms with Crippen LogP contribution < -0.4 is 15.2 Å². The number of rotatable bonds is 13. The quantitative estimate of drug-likeness (QED) is 0.223. The second-order valence-corrected chi connectivity index (χ2v) is 9.49. The summed E-state index contributed by atoms with van der Waals surface area (Å²) in [5, 5.41) is 0. The second kappa shape index (κ2) is 15.7. The molecule has 0 saturated heterocycles. The summed E-state index contributed by atoms with van der Waals surface area (Å²) in [6, 6.07) is 3.26. The third kappa shape index (κ3) is 13.5. The van der Waals surface area contributed by atoms with Crippen LogP contribution in [0.2, 0.25) is 0 Å². The zero-order valence-electron chi connectivity index (χ0n) is 22.6. The maximum absolute atomic E-state index is 12.4. The highest BCUT2D eigenvalue weighted by Gasteiger charge is 2.22. The molecule has 1 aromatic carbocycles. The molecule has 1 aromatic rings. The molecule has 208 valence electrons. The molecule has 0 saturated carbocycles. The Labute approximate surface area is 217 Å². The van der Waals surface area contributed by atoms with Gasteiger partial charge in [0.25, 0.3) is 0 Å². The van der Waals surface area contributed by atoms with Crippen molar-refractivity contribution in [2.24, 2.45) is 11.7 Å². The maximum Gasteiger partial charge on any atom is 0.514 e. The highest BCUT2D eigenvalue weighted by atomic mass is 16.7. The molecule has 11 heteroatoms. The van der Waals surface area contributed by atoms with E-state index in [0.29, 0.717) is 24.3 Å². The molecule has 37 heavy (non-hydrogen) atoms.